The van der Waals surface area contributed by atoms with Crippen molar-refractivity contribution in [2.75, 3.05) is 19.6 Å². The number of hydrogen-bond donors (Lipinski definition) is 4. The SMILES string of the molecule is NCc1ccc(Cl)cc1CNC(=O)[C@@H]1CCCN1C(=O)C1(NS(=O)(=O)Cc2ccccc2)C[C@@H]1C(=O)N1CC[C@@H](O)C1. The molecule has 4 atom stereocenters. The molecule has 0 spiro atoms. The van der Waals surface area contributed by atoms with Gasteiger partial charge in [0.05, 0.1) is 17.8 Å². The van der Waals surface area contributed by atoms with Crippen LogP contribution in [0.5, 0.6) is 0 Å². The molecule has 1 unspecified atom stereocenters. The number of rotatable bonds is 10. The first-order valence-corrected chi connectivity index (χ1v) is 16.1. The lowest BCUT2D eigenvalue weighted by Gasteiger charge is -2.30. The molecule has 42 heavy (non-hydrogen) atoms. The molecule has 0 bridgehead atoms. The largest absolute Gasteiger partial charge is 0.391 e. The van der Waals surface area contributed by atoms with Crippen molar-refractivity contribution in [2.24, 2.45) is 11.7 Å². The van der Waals surface area contributed by atoms with Crippen molar-refractivity contribution in [3.63, 3.8) is 0 Å². The van der Waals surface area contributed by atoms with E-state index in [0.29, 0.717) is 36.4 Å². The number of amides is 3. The summed E-state index contributed by atoms with van der Waals surface area (Å²) in [6, 6.07) is 13.0. The molecule has 2 aliphatic heterocycles. The van der Waals surface area contributed by atoms with Crippen molar-refractivity contribution in [3.05, 3.63) is 70.2 Å². The van der Waals surface area contributed by atoms with E-state index in [1.165, 1.54) is 9.80 Å². The monoisotopic (exact) mass is 617 g/mol. The van der Waals surface area contributed by atoms with Crippen molar-refractivity contribution in [1.82, 2.24) is 19.8 Å². The number of likely N-dealkylation sites (tertiary alicyclic amines) is 2. The molecule has 5 N–H and O–H groups in total. The van der Waals surface area contributed by atoms with Gasteiger partial charge in [-0.15, -0.1) is 0 Å². The molecule has 3 aliphatic rings. The van der Waals surface area contributed by atoms with Gasteiger partial charge < -0.3 is 26.0 Å². The highest BCUT2D eigenvalue weighted by Gasteiger charge is 2.68. The molecule has 2 aromatic rings. The van der Waals surface area contributed by atoms with Crippen molar-refractivity contribution in [3.8, 4) is 0 Å². The third kappa shape index (κ3) is 6.47. The second-order valence-corrected chi connectivity index (χ2v) is 13.5. The normalized spacial score (nSPS) is 25.5. The molecule has 2 heterocycles. The molecule has 1 saturated carbocycles. The zero-order chi connectivity index (χ0) is 30.1. The maximum absolute atomic E-state index is 14.2. The summed E-state index contributed by atoms with van der Waals surface area (Å²) >= 11 is 6.13. The summed E-state index contributed by atoms with van der Waals surface area (Å²) in [5.41, 5.74) is 6.26. The van der Waals surface area contributed by atoms with Crippen LogP contribution in [0.25, 0.3) is 0 Å². The molecule has 3 fully saturated rings. The summed E-state index contributed by atoms with van der Waals surface area (Å²) in [6.07, 6.45) is 0.711. The van der Waals surface area contributed by atoms with Gasteiger partial charge in [0, 0.05) is 37.7 Å². The summed E-state index contributed by atoms with van der Waals surface area (Å²) in [4.78, 5) is 43.8. The van der Waals surface area contributed by atoms with Crippen LogP contribution in [-0.2, 0) is 43.2 Å². The minimum absolute atomic E-state index is 0.0154. The topological polar surface area (TPSA) is 162 Å². The number of halogens is 1. The van der Waals surface area contributed by atoms with Gasteiger partial charge in [-0.05, 0) is 54.5 Å². The van der Waals surface area contributed by atoms with E-state index in [-0.39, 0.29) is 50.2 Å². The van der Waals surface area contributed by atoms with Gasteiger partial charge in [-0.25, -0.2) is 8.42 Å². The summed E-state index contributed by atoms with van der Waals surface area (Å²) in [6.45, 7) is 1.16. The van der Waals surface area contributed by atoms with Crippen molar-refractivity contribution in [1.29, 1.82) is 0 Å². The van der Waals surface area contributed by atoms with E-state index < -0.39 is 39.5 Å². The standard InChI is InChI=1S/C29H36ClN5O6S/c30-22-9-8-20(15-31)21(13-22)16-32-26(37)25-7-4-11-35(25)28(39)29(14-24(29)27(38)34-12-10-23(36)17-34)33-42(40,41)18-19-5-2-1-3-6-19/h1-3,5-6,8-9,13,23-25,33,36H,4,7,10-12,14-18,31H2,(H,32,37)/t23-,24-,25+,29?/m1/s1. The Morgan fingerprint density at radius 1 is 1.07 bits per heavy atom. The summed E-state index contributed by atoms with van der Waals surface area (Å²) in [7, 11) is -4.04. The number of β-amino-alcohol motifs (C(OH)–C–C–N with tert-alkyl or cyclic N) is 1. The highest BCUT2D eigenvalue weighted by molar-refractivity contribution is 7.88. The number of benzene rings is 2. The smallest absolute Gasteiger partial charge is 0.245 e. The second kappa shape index (κ2) is 12.3. The summed E-state index contributed by atoms with van der Waals surface area (Å²) in [5.74, 6) is -2.63. The molecule has 13 heteroatoms. The quantitative estimate of drug-likeness (QED) is 0.308. The molecule has 3 amide bonds. The van der Waals surface area contributed by atoms with Gasteiger partial charge in [-0.2, -0.15) is 4.72 Å². The van der Waals surface area contributed by atoms with E-state index in [1.807, 2.05) is 0 Å². The second-order valence-electron chi connectivity index (χ2n) is 11.3. The summed E-state index contributed by atoms with van der Waals surface area (Å²) < 4.78 is 29.2. The van der Waals surface area contributed by atoms with Crippen LogP contribution in [0.2, 0.25) is 5.02 Å². The van der Waals surface area contributed by atoms with Gasteiger partial charge in [0.2, 0.25) is 27.7 Å². The number of sulfonamides is 1. The van der Waals surface area contributed by atoms with Gasteiger partial charge >= 0.3 is 0 Å². The Kier molecular flexibility index (Phi) is 8.91. The molecular formula is C29H36ClN5O6S. The maximum atomic E-state index is 14.2. The Labute approximate surface area is 250 Å². The zero-order valence-corrected chi connectivity index (χ0v) is 24.7. The number of aliphatic hydroxyl groups excluding tert-OH is 1. The lowest BCUT2D eigenvalue weighted by atomic mass is 10.1. The first kappa shape index (κ1) is 30.4. The van der Waals surface area contributed by atoms with Gasteiger partial charge in [0.1, 0.15) is 11.6 Å². The minimum atomic E-state index is -4.04. The predicted molar refractivity (Wildman–Crippen MR) is 156 cm³/mol. The third-order valence-electron chi connectivity index (χ3n) is 8.31. The number of aliphatic hydroxyl groups is 1. The number of carbonyl (C=O) groups is 3. The number of carbonyl (C=O) groups excluding carboxylic acids is 3. The van der Waals surface area contributed by atoms with Crippen LogP contribution in [0.4, 0.5) is 0 Å². The fourth-order valence-electron chi connectivity index (χ4n) is 6.02. The Bertz CT molecular complexity index is 1460. The molecule has 0 radical (unpaired) electrons. The van der Waals surface area contributed by atoms with E-state index in [1.54, 1.807) is 48.5 Å². The van der Waals surface area contributed by atoms with E-state index in [9.17, 15) is 27.9 Å². The Hall–Kier alpha value is -3.03. The molecule has 226 valence electrons. The number of nitrogens with zero attached hydrogens (tertiary/aromatic N) is 2. The van der Waals surface area contributed by atoms with Crippen LogP contribution in [0.15, 0.2) is 48.5 Å². The lowest BCUT2D eigenvalue weighted by Crippen LogP contribution is -2.57. The van der Waals surface area contributed by atoms with Gasteiger partial charge in [0.25, 0.3) is 0 Å². The highest BCUT2D eigenvalue weighted by atomic mass is 35.5. The molecule has 0 aromatic heterocycles. The molecule has 11 nitrogen and oxygen atoms in total. The van der Waals surface area contributed by atoms with Crippen molar-refractivity contribution < 1.29 is 27.9 Å². The van der Waals surface area contributed by atoms with Gasteiger partial charge in [-0.3, -0.25) is 14.4 Å². The predicted octanol–water partition coefficient (Wildman–Crippen LogP) is 0.877. The molecular weight excluding hydrogens is 582 g/mol. The van der Waals surface area contributed by atoms with Crippen LogP contribution in [0, 0.1) is 5.92 Å². The maximum Gasteiger partial charge on any atom is 0.245 e. The number of nitrogens with one attached hydrogen (secondary N) is 2. The minimum Gasteiger partial charge on any atom is -0.391 e. The van der Waals surface area contributed by atoms with Gasteiger partial charge in [0.15, 0.2) is 0 Å². The van der Waals surface area contributed by atoms with Crippen LogP contribution >= 0.6 is 11.6 Å². The lowest BCUT2D eigenvalue weighted by molar-refractivity contribution is -0.142. The average molecular weight is 618 g/mol. The highest BCUT2D eigenvalue weighted by Crippen LogP contribution is 2.48. The third-order valence-corrected chi connectivity index (χ3v) is 9.93. The van der Waals surface area contributed by atoms with E-state index in [4.69, 9.17) is 17.3 Å². The first-order chi connectivity index (χ1) is 20.0. The molecule has 2 aromatic carbocycles. The van der Waals surface area contributed by atoms with Crippen LogP contribution in [0.1, 0.15) is 42.4 Å². The Morgan fingerprint density at radius 2 is 1.83 bits per heavy atom. The van der Waals surface area contributed by atoms with E-state index in [0.717, 1.165) is 11.1 Å². The molecule has 5 rings (SSSR count). The fraction of sp³-hybridized carbons (Fsp3) is 0.483. The number of hydrogen-bond acceptors (Lipinski definition) is 7. The van der Waals surface area contributed by atoms with Gasteiger partial charge in [-0.1, -0.05) is 48.0 Å². The Morgan fingerprint density at radius 3 is 2.52 bits per heavy atom. The summed E-state index contributed by atoms with van der Waals surface area (Å²) in [5, 5.41) is 13.3. The first-order valence-electron chi connectivity index (χ1n) is 14.1. The average Bonchev–Trinajstić information content (AvgIpc) is 3.26. The zero-order valence-electron chi connectivity index (χ0n) is 23.2. The van der Waals surface area contributed by atoms with Crippen LogP contribution in [-0.4, -0.2) is 78.4 Å². The Balaban J connectivity index is 1.35. The van der Waals surface area contributed by atoms with Crippen LogP contribution in [0.3, 0.4) is 0 Å². The van der Waals surface area contributed by atoms with Crippen LogP contribution < -0.4 is 15.8 Å². The number of nitrogens with two attached hydrogens (primary N) is 1. The van der Waals surface area contributed by atoms with Crippen molar-refractivity contribution in [2.45, 2.75) is 62.2 Å². The molecule has 1 aliphatic carbocycles. The van der Waals surface area contributed by atoms with Crippen molar-refractivity contribution >= 4 is 39.3 Å². The fourth-order valence-corrected chi connectivity index (χ4v) is 7.79. The molecule has 2 saturated heterocycles. The van der Waals surface area contributed by atoms with E-state index >= 15 is 0 Å². The van der Waals surface area contributed by atoms with E-state index in [2.05, 4.69) is 10.0 Å².